The van der Waals surface area contributed by atoms with Crippen LogP contribution in [0.1, 0.15) is 33.3 Å². The van der Waals surface area contributed by atoms with Crippen molar-refractivity contribution in [3.63, 3.8) is 0 Å². The number of amides is 2. The molecule has 1 aromatic carbocycles. The topological polar surface area (TPSA) is 161 Å². The first kappa shape index (κ1) is 23.7. The minimum Gasteiger partial charge on any atom is -0.444 e. The van der Waals surface area contributed by atoms with Crippen LogP contribution in [0.5, 0.6) is 0 Å². The Kier molecular flexibility index (Phi) is 8.84. The molecule has 2 atom stereocenters. The van der Waals surface area contributed by atoms with Crippen molar-refractivity contribution in [3.8, 4) is 0 Å². The van der Waals surface area contributed by atoms with Crippen molar-refractivity contribution in [2.75, 3.05) is 6.54 Å². The Hall–Kier alpha value is -3.37. The lowest BCUT2D eigenvalue weighted by molar-refractivity contribution is -0.525. The summed E-state index contributed by atoms with van der Waals surface area (Å²) in [4.78, 5) is 38.8. The van der Waals surface area contributed by atoms with Gasteiger partial charge in [-0.05, 0) is 39.7 Å². The molecule has 0 radical (unpaired) electrons. The summed E-state index contributed by atoms with van der Waals surface area (Å²) in [6.07, 6.45) is -0.232. The number of hydrazine groups is 1. The SMILES string of the molecule is CC(Cc1ccccc1)NC(=O)C(CN=C(N)N[N+](=O)[O-])NC(=O)OC(C)(C)C. The number of benzene rings is 1. The number of nitrogens with one attached hydrogen (secondary N) is 3. The highest BCUT2D eigenvalue weighted by Crippen LogP contribution is 2.07. The number of nitrogens with zero attached hydrogens (tertiary/aromatic N) is 2. The van der Waals surface area contributed by atoms with Crippen LogP contribution >= 0.6 is 0 Å². The molecule has 0 aliphatic heterocycles. The van der Waals surface area contributed by atoms with Gasteiger partial charge < -0.3 is 21.1 Å². The molecule has 2 unspecified atom stereocenters. The molecule has 0 aromatic heterocycles. The summed E-state index contributed by atoms with van der Waals surface area (Å²) in [6, 6.07) is 8.21. The molecule has 0 saturated carbocycles. The van der Waals surface area contributed by atoms with Crippen molar-refractivity contribution >= 4 is 18.0 Å². The number of aliphatic imine (C=N–C) groups is 1. The average Bonchev–Trinajstić information content (AvgIpc) is 2.57. The molecule has 0 heterocycles. The highest BCUT2D eigenvalue weighted by molar-refractivity contribution is 5.86. The third-order valence-electron chi connectivity index (χ3n) is 3.43. The first-order chi connectivity index (χ1) is 13.5. The number of hydrogen-bond donors (Lipinski definition) is 4. The maximum atomic E-state index is 12.6. The zero-order valence-corrected chi connectivity index (χ0v) is 17.0. The Balaban J connectivity index is 2.80. The van der Waals surface area contributed by atoms with Crippen LogP contribution in [-0.4, -0.2) is 47.2 Å². The van der Waals surface area contributed by atoms with Crippen molar-refractivity contribution in [1.82, 2.24) is 16.1 Å². The normalized spacial score (nSPS) is 13.7. The van der Waals surface area contributed by atoms with E-state index in [1.54, 1.807) is 26.2 Å². The third kappa shape index (κ3) is 10.5. The molecule has 1 aromatic rings. The fraction of sp³-hybridized carbons (Fsp3) is 0.500. The molecular weight excluding hydrogens is 380 g/mol. The van der Waals surface area contributed by atoms with Crippen LogP contribution in [0.15, 0.2) is 35.3 Å². The molecule has 0 spiro atoms. The van der Waals surface area contributed by atoms with Gasteiger partial charge in [0.25, 0.3) is 5.96 Å². The molecule has 29 heavy (non-hydrogen) atoms. The predicted molar refractivity (Wildman–Crippen MR) is 108 cm³/mol. The van der Waals surface area contributed by atoms with Crippen molar-refractivity contribution in [3.05, 3.63) is 46.0 Å². The highest BCUT2D eigenvalue weighted by Gasteiger charge is 2.25. The summed E-state index contributed by atoms with van der Waals surface area (Å²) in [7, 11) is 0. The lowest BCUT2D eigenvalue weighted by Gasteiger charge is -2.24. The number of hydrogen-bond acceptors (Lipinski definition) is 6. The van der Waals surface area contributed by atoms with Crippen molar-refractivity contribution in [2.45, 2.75) is 51.8 Å². The second-order valence-electron chi connectivity index (χ2n) is 7.39. The van der Waals surface area contributed by atoms with Crippen LogP contribution in [0.2, 0.25) is 0 Å². The van der Waals surface area contributed by atoms with E-state index in [0.717, 1.165) is 5.56 Å². The maximum absolute atomic E-state index is 12.6. The minimum absolute atomic E-state index is 0.230. The molecule has 0 aliphatic rings. The smallest absolute Gasteiger partial charge is 0.408 e. The Morgan fingerprint density at radius 1 is 1.24 bits per heavy atom. The second-order valence-corrected chi connectivity index (χ2v) is 7.39. The summed E-state index contributed by atoms with van der Waals surface area (Å²) < 4.78 is 5.16. The average molecular weight is 408 g/mol. The van der Waals surface area contributed by atoms with Gasteiger partial charge in [0.05, 0.1) is 6.54 Å². The largest absolute Gasteiger partial charge is 0.444 e. The van der Waals surface area contributed by atoms with Crippen molar-refractivity contribution in [2.24, 2.45) is 10.7 Å². The number of guanidine groups is 1. The predicted octanol–water partition coefficient (Wildman–Crippen LogP) is 0.723. The van der Waals surface area contributed by atoms with Crippen LogP contribution in [0.25, 0.3) is 0 Å². The maximum Gasteiger partial charge on any atom is 0.408 e. The van der Waals surface area contributed by atoms with E-state index < -0.39 is 34.6 Å². The van der Waals surface area contributed by atoms with Gasteiger partial charge in [-0.15, -0.1) is 0 Å². The number of carbonyl (C=O) groups excluding carboxylic acids is 2. The summed E-state index contributed by atoms with van der Waals surface area (Å²) in [6.45, 7) is 6.55. The van der Waals surface area contributed by atoms with E-state index >= 15 is 0 Å². The number of carbonyl (C=O) groups is 2. The fourth-order valence-corrected chi connectivity index (χ4v) is 2.32. The summed E-state index contributed by atoms with van der Waals surface area (Å²) in [5.41, 5.74) is 7.33. The molecule has 0 fully saturated rings. The van der Waals surface area contributed by atoms with Gasteiger partial charge in [-0.25, -0.2) is 19.9 Å². The van der Waals surface area contributed by atoms with Crippen LogP contribution in [-0.2, 0) is 16.0 Å². The second kappa shape index (κ2) is 10.8. The van der Waals surface area contributed by atoms with Gasteiger partial charge in [-0.1, -0.05) is 35.8 Å². The zero-order valence-electron chi connectivity index (χ0n) is 17.0. The van der Waals surface area contributed by atoms with Crippen molar-refractivity contribution in [1.29, 1.82) is 0 Å². The standard InChI is InChI=1S/C18H28N6O5/c1-12(10-13-8-6-5-7-9-13)21-15(25)14(11-20-16(19)23-24(27)28)22-17(26)29-18(2,3)4/h5-9,12,14H,10-11H2,1-4H3,(H,21,25)(H,22,26)(H3,19,20,23). The van der Waals surface area contributed by atoms with Gasteiger partial charge in [-0.2, -0.15) is 0 Å². The number of nitrogens with two attached hydrogens (primary N) is 1. The van der Waals surface area contributed by atoms with E-state index in [-0.39, 0.29) is 12.6 Å². The highest BCUT2D eigenvalue weighted by atomic mass is 16.7. The molecule has 5 N–H and O–H groups in total. The van der Waals surface area contributed by atoms with E-state index in [9.17, 15) is 19.7 Å². The number of alkyl carbamates (subject to hydrolysis) is 1. The van der Waals surface area contributed by atoms with Gasteiger partial charge in [0.2, 0.25) is 5.91 Å². The van der Waals surface area contributed by atoms with Crippen LogP contribution in [0.3, 0.4) is 0 Å². The molecule has 0 saturated heterocycles. The van der Waals surface area contributed by atoms with Crippen molar-refractivity contribution < 1.29 is 19.4 Å². The molecule has 11 heteroatoms. The van der Waals surface area contributed by atoms with Gasteiger partial charge in [0.1, 0.15) is 11.6 Å². The lowest BCUT2D eigenvalue weighted by Crippen LogP contribution is -2.52. The van der Waals surface area contributed by atoms with Crippen LogP contribution in [0.4, 0.5) is 4.79 Å². The summed E-state index contributed by atoms with van der Waals surface area (Å²) >= 11 is 0. The van der Waals surface area contributed by atoms with Gasteiger partial charge >= 0.3 is 6.09 Å². The number of ether oxygens (including phenoxy) is 1. The Morgan fingerprint density at radius 2 is 1.86 bits per heavy atom. The molecular formula is C18H28N6O5. The molecule has 160 valence electrons. The van der Waals surface area contributed by atoms with Crippen LogP contribution < -0.4 is 21.8 Å². The fourth-order valence-electron chi connectivity index (χ4n) is 2.32. The van der Waals surface area contributed by atoms with E-state index in [4.69, 9.17) is 10.5 Å². The van der Waals surface area contributed by atoms with Crippen LogP contribution in [0, 0.1) is 10.1 Å². The quantitative estimate of drug-likeness (QED) is 0.213. The minimum atomic E-state index is -1.13. The van der Waals surface area contributed by atoms with Gasteiger partial charge in [-0.3, -0.25) is 4.79 Å². The Morgan fingerprint density at radius 3 is 2.41 bits per heavy atom. The van der Waals surface area contributed by atoms with Gasteiger partial charge in [0.15, 0.2) is 5.03 Å². The summed E-state index contributed by atoms with van der Waals surface area (Å²) in [5, 5.41) is 14.7. The van der Waals surface area contributed by atoms with E-state index in [1.807, 2.05) is 37.3 Å². The molecule has 1 rings (SSSR count). The lowest BCUT2D eigenvalue weighted by atomic mass is 10.1. The monoisotopic (exact) mass is 408 g/mol. The van der Waals surface area contributed by atoms with E-state index in [2.05, 4.69) is 15.6 Å². The summed E-state index contributed by atoms with van der Waals surface area (Å²) in [5.74, 6) is -1.01. The van der Waals surface area contributed by atoms with E-state index in [1.165, 1.54) is 0 Å². The molecule has 11 nitrogen and oxygen atoms in total. The number of nitro groups is 1. The number of rotatable bonds is 8. The molecule has 2 amide bonds. The van der Waals surface area contributed by atoms with E-state index in [0.29, 0.717) is 6.42 Å². The zero-order chi connectivity index (χ0) is 22.0. The first-order valence-corrected chi connectivity index (χ1v) is 9.01. The Labute approximate surface area is 169 Å². The van der Waals surface area contributed by atoms with Gasteiger partial charge in [0, 0.05) is 6.04 Å². The third-order valence-corrected chi connectivity index (χ3v) is 3.43. The first-order valence-electron chi connectivity index (χ1n) is 9.01. The molecule has 0 aliphatic carbocycles. The molecule has 0 bridgehead atoms. The Bertz CT molecular complexity index is 732.